The summed E-state index contributed by atoms with van der Waals surface area (Å²) in [7, 11) is 2.06. The highest BCUT2D eigenvalue weighted by Crippen LogP contribution is 2.27. The topological polar surface area (TPSA) is 73.0 Å². The SMILES string of the molecule is CN1CCN(C(O)N(Cc2ccc(C(N)=O)cc2F)c2ccc(-c3ccccc3)cc2)CC1. The van der Waals surface area contributed by atoms with E-state index in [0.29, 0.717) is 18.7 Å². The highest BCUT2D eigenvalue weighted by molar-refractivity contribution is 5.92. The van der Waals surface area contributed by atoms with E-state index < -0.39 is 18.1 Å². The lowest BCUT2D eigenvalue weighted by Crippen LogP contribution is -2.55. The number of anilines is 1. The molecule has 0 bridgehead atoms. The number of likely N-dealkylation sites (N-methyl/N-ethyl adjacent to an activating group) is 1. The molecule has 3 aromatic rings. The van der Waals surface area contributed by atoms with Crippen molar-refractivity contribution in [2.24, 2.45) is 5.73 Å². The molecule has 3 N–H and O–H groups in total. The first-order valence-electron chi connectivity index (χ1n) is 11.0. The van der Waals surface area contributed by atoms with E-state index in [-0.39, 0.29) is 12.1 Å². The first-order chi connectivity index (χ1) is 15.9. The van der Waals surface area contributed by atoms with Crippen molar-refractivity contribution in [1.29, 1.82) is 0 Å². The number of hydrogen-bond acceptors (Lipinski definition) is 5. The lowest BCUT2D eigenvalue weighted by atomic mass is 10.0. The summed E-state index contributed by atoms with van der Waals surface area (Å²) in [4.78, 5) is 17.4. The van der Waals surface area contributed by atoms with Crippen LogP contribution < -0.4 is 10.6 Å². The Morgan fingerprint density at radius 1 is 1.00 bits per heavy atom. The molecule has 0 saturated carbocycles. The summed E-state index contributed by atoms with van der Waals surface area (Å²) in [6.07, 6.45) is -0.920. The molecule has 1 atom stereocenters. The Labute approximate surface area is 193 Å². The Balaban J connectivity index is 1.63. The minimum absolute atomic E-state index is 0.120. The summed E-state index contributed by atoms with van der Waals surface area (Å²) >= 11 is 0. The summed E-state index contributed by atoms with van der Waals surface area (Å²) in [5, 5.41) is 11.3. The van der Waals surface area contributed by atoms with Gasteiger partial charge < -0.3 is 20.6 Å². The van der Waals surface area contributed by atoms with Gasteiger partial charge in [-0.2, -0.15) is 0 Å². The van der Waals surface area contributed by atoms with Crippen molar-refractivity contribution < 1.29 is 14.3 Å². The van der Waals surface area contributed by atoms with Crippen molar-refractivity contribution in [2.45, 2.75) is 12.9 Å². The summed E-state index contributed by atoms with van der Waals surface area (Å²) in [5.41, 5.74) is 8.71. The van der Waals surface area contributed by atoms with Crippen LogP contribution in [-0.4, -0.2) is 60.4 Å². The molecule has 0 aliphatic carbocycles. The van der Waals surface area contributed by atoms with E-state index in [1.54, 1.807) is 11.0 Å². The van der Waals surface area contributed by atoms with Crippen LogP contribution in [0.4, 0.5) is 10.1 Å². The molecule has 0 spiro atoms. The van der Waals surface area contributed by atoms with Crippen LogP contribution in [0.1, 0.15) is 15.9 Å². The number of halogens is 1. The van der Waals surface area contributed by atoms with E-state index in [1.807, 2.05) is 59.5 Å². The lowest BCUT2D eigenvalue weighted by molar-refractivity contribution is -0.0237. The Bertz CT molecular complexity index is 1080. The minimum Gasteiger partial charge on any atom is -0.366 e. The van der Waals surface area contributed by atoms with Crippen LogP contribution in [-0.2, 0) is 6.54 Å². The van der Waals surface area contributed by atoms with Gasteiger partial charge in [-0.05, 0) is 42.4 Å². The summed E-state index contributed by atoms with van der Waals surface area (Å²) in [6.45, 7) is 3.25. The fraction of sp³-hybridized carbons (Fsp3) is 0.269. The van der Waals surface area contributed by atoms with Crippen molar-refractivity contribution in [2.75, 3.05) is 38.1 Å². The lowest BCUT2D eigenvalue weighted by Gasteiger charge is -2.41. The Hall–Kier alpha value is -3.26. The van der Waals surface area contributed by atoms with Crippen LogP contribution in [0, 0.1) is 5.82 Å². The van der Waals surface area contributed by atoms with E-state index >= 15 is 0 Å². The normalized spacial score (nSPS) is 15.8. The number of amides is 1. The van der Waals surface area contributed by atoms with Crippen LogP contribution in [0.3, 0.4) is 0 Å². The third kappa shape index (κ3) is 5.39. The summed E-state index contributed by atoms with van der Waals surface area (Å²) in [6, 6.07) is 22.1. The number of hydrogen-bond donors (Lipinski definition) is 2. The smallest absolute Gasteiger partial charge is 0.248 e. The molecular weight excluding hydrogens is 419 g/mol. The number of carbonyl (C=O) groups is 1. The monoisotopic (exact) mass is 448 g/mol. The van der Waals surface area contributed by atoms with Crippen LogP contribution in [0.5, 0.6) is 0 Å². The molecule has 0 aromatic heterocycles. The molecule has 1 unspecified atom stereocenters. The van der Waals surface area contributed by atoms with Gasteiger partial charge in [-0.25, -0.2) is 4.39 Å². The predicted molar refractivity (Wildman–Crippen MR) is 128 cm³/mol. The molecule has 33 heavy (non-hydrogen) atoms. The zero-order chi connectivity index (χ0) is 23.4. The minimum atomic E-state index is -0.920. The van der Waals surface area contributed by atoms with E-state index in [0.717, 1.165) is 36.0 Å². The van der Waals surface area contributed by atoms with Gasteiger partial charge in [0.15, 0.2) is 6.35 Å². The van der Waals surface area contributed by atoms with Crippen LogP contribution >= 0.6 is 0 Å². The van der Waals surface area contributed by atoms with Gasteiger partial charge in [0.1, 0.15) is 5.82 Å². The molecule has 172 valence electrons. The third-order valence-corrected chi connectivity index (χ3v) is 6.13. The molecule has 0 radical (unpaired) electrons. The maximum atomic E-state index is 14.8. The van der Waals surface area contributed by atoms with Gasteiger partial charge in [0.2, 0.25) is 5.91 Å². The Morgan fingerprint density at radius 3 is 2.24 bits per heavy atom. The van der Waals surface area contributed by atoms with Crippen molar-refractivity contribution in [1.82, 2.24) is 9.80 Å². The molecular formula is C26H29FN4O2. The number of benzene rings is 3. The highest BCUT2D eigenvalue weighted by atomic mass is 19.1. The molecule has 1 aliphatic rings. The number of aliphatic hydroxyl groups is 1. The second-order valence-corrected chi connectivity index (χ2v) is 8.40. The van der Waals surface area contributed by atoms with Crippen LogP contribution in [0.2, 0.25) is 0 Å². The average Bonchev–Trinajstić information content (AvgIpc) is 2.84. The fourth-order valence-corrected chi connectivity index (χ4v) is 4.04. The van der Waals surface area contributed by atoms with Gasteiger partial charge in [0.05, 0.1) is 0 Å². The van der Waals surface area contributed by atoms with Gasteiger partial charge in [-0.15, -0.1) is 0 Å². The Kier molecular flexibility index (Phi) is 7.03. The zero-order valence-electron chi connectivity index (χ0n) is 18.7. The molecule has 7 heteroatoms. The highest BCUT2D eigenvalue weighted by Gasteiger charge is 2.27. The van der Waals surface area contributed by atoms with Gasteiger partial charge in [0, 0.05) is 49.5 Å². The maximum absolute atomic E-state index is 14.8. The molecule has 3 aromatic carbocycles. The number of nitrogens with zero attached hydrogens (tertiary/aromatic N) is 3. The quantitative estimate of drug-likeness (QED) is 0.544. The van der Waals surface area contributed by atoms with Gasteiger partial charge in [0.25, 0.3) is 0 Å². The molecule has 1 heterocycles. The van der Waals surface area contributed by atoms with Crippen molar-refractivity contribution in [3.8, 4) is 11.1 Å². The van der Waals surface area contributed by atoms with E-state index in [9.17, 15) is 14.3 Å². The van der Waals surface area contributed by atoms with Crippen molar-refractivity contribution in [3.05, 3.63) is 89.7 Å². The fourth-order valence-electron chi connectivity index (χ4n) is 4.04. The molecule has 6 nitrogen and oxygen atoms in total. The van der Waals surface area contributed by atoms with Crippen LogP contribution in [0.15, 0.2) is 72.8 Å². The van der Waals surface area contributed by atoms with Gasteiger partial charge in [-0.1, -0.05) is 48.5 Å². The first kappa shape index (κ1) is 22.9. The average molecular weight is 449 g/mol. The standard InChI is InChI=1S/C26H29FN4O2/c1-29-13-15-30(16-14-29)26(33)31(18-22-8-7-21(25(28)32)17-24(22)27)23-11-9-20(10-12-23)19-5-3-2-4-6-19/h2-12,17,26,33H,13-16,18H2,1H3,(H2,28,32). The zero-order valence-corrected chi connectivity index (χ0v) is 18.7. The van der Waals surface area contributed by atoms with Crippen molar-refractivity contribution in [3.63, 3.8) is 0 Å². The molecule has 4 rings (SSSR count). The summed E-state index contributed by atoms with van der Waals surface area (Å²) < 4.78 is 14.8. The molecule has 1 fully saturated rings. The molecule has 1 aliphatic heterocycles. The Morgan fingerprint density at radius 2 is 1.64 bits per heavy atom. The summed E-state index contributed by atoms with van der Waals surface area (Å²) in [5.74, 6) is -1.20. The molecule has 1 amide bonds. The van der Waals surface area contributed by atoms with Gasteiger partial charge >= 0.3 is 0 Å². The largest absolute Gasteiger partial charge is 0.366 e. The van der Waals surface area contributed by atoms with E-state index in [2.05, 4.69) is 11.9 Å². The first-order valence-corrected chi connectivity index (χ1v) is 11.0. The maximum Gasteiger partial charge on any atom is 0.248 e. The second-order valence-electron chi connectivity index (χ2n) is 8.40. The number of piperazine rings is 1. The number of rotatable bonds is 7. The number of carbonyl (C=O) groups excluding carboxylic acids is 1. The molecule has 1 saturated heterocycles. The number of nitrogens with two attached hydrogens (primary N) is 1. The number of primary amides is 1. The predicted octanol–water partition coefficient (Wildman–Crippen LogP) is 3.12. The third-order valence-electron chi connectivity index (χ3n) is 6.13. The second kappa shape index (κ2) is 10.1. The van der Waals surface area contributed by atoms with E-state index in [4.69, 9.17) is 5.73 Å². The number of aliphatic hydroxyl groups excluding tert-OH is 1. The van der Waals surface area contributed by atoms with Gasteiger partial charge in [-0.3, -0.25) is 9.69 Å². The van der Waals surface area contributed by atoms with Crippen molar-refractivity contribution >= 4 is 11.6 Å². The van der Waals surface area contributed by atoms with E-state index in [1.165, 1.54) is 6.07 Å². The van der Waals surface area contributed by atoms with Crippen LogP contribution in [0.25, 0.3) is 11.1 Å².